The number of aryl methyl sites for hydroxylation is 1. The van der Waals surface area contributed by atoms with Crippen LogP contribution in [-0.4, -0.2) is 270 Å². The monoisotopic (exact) mass is 1530 g/mol. The second-order valence-corrected chi connectivity index (χ2v) is 30.3. The number of nitrogens with zero attached hydrogens (tertiary/aromatic N) is 9. The third kappa shape index (κ3) is 21.2. The number of likely N-dealkylation sites (N-methyl/N-ethyl adjacent to an activating group) is 6. The number of halogens is 7. The lowest BCUT2D eigenvalue weighted by molar-refractivity contribution is -0.160. The van der Waals surface area contributed by atoms with E-state index in [1.807, 2.05) is 32.6 Å². The van der Waals surface area contributed by atoms with Crippen molar-refractivity contribution in [2.24, 2.45) is 17.8 Å². The van der Waals surface area contributed by atoms with E-state index in [4.69, 9.17) is 21.1 Å². The van der Waals surface area contributed by atoms with E-state index in [1.165, 1.54) is 73.6 Å². The first-order valence-corrected chi connectivity index (χ1v) is 37.7. The van der Waals surface area contributed by atoms with Gasteiger partial charge in [0.05, 0.1) is 55.3 Å². The quantitative estimate of drug-likeness (QED) is 0.154. The second-order valence-electron chi connectivity index (χ2n) is 29.9. The summed E-state index contributed by atoms with van der Waals surface area (Å²) in [4.78, 5) is 178. The van der Waals surface area contributed by atoms with Crippen molar-refractivity contribution in [3.63, 3.8) is 0 Å². The van der Waals surface area contributed by atoms with Crippen LogP contribution in [-0.2, 0) is 87.4 Å². The highest BCUT2D eigenvalue weighted by Crippen LogP contribution is 2.38. The number of amides is 11. The minimum absolute atomic E-state index is 0.0227. The summed E-state index contributed by atoms with van der Waals surface area (Å²) in [5.74, 6) is -9.14. The second kappa shape index (κ2) is 37.7. The maximum absolute atomic E-state index is 15.6. The molecular weight excluding hydrogens is 1430 g/mol. The Kier molecular flexibility index (Phi) is 30.5. The number of rotatable bonds is 16. The van der Waals surface area contributed by atoms with E-state index in [9.17, 15) is 45.5 Å². The molecule has 32 heteroatoms. The van der Waals surface area contributed by atoms with Crippen molar-refractivity contribution < 1.29 is 88.6 Å². The normalized spacial score (nSPS) is 26.3. The van der Waals surface area contributed by atoms with E-state index in [0.29, 0.717) is 52.0 Å². The summed E-state index contributed by atoms with van der Waals surface area (Å²) in [5.41, 5.74) is -3.32. The molecule has 25 nitrogen and oxygen atoms in total. The molecule has 0 radical (unpaired) electrons. The van der Waals surface area contributed by atoms with Crippen molar-refractivity contribution in [3.05, 3.63) is 69.7 Å². The maximum atomic E-state index is 15.6. The molecule has 2 aromatic rings. The number of morpholine rings is 1. The van der Waals surface area contributed by atoms with Crippen LogP contribution >= 0.6 is 11.6 Å². The average Bonchev–Trinajstić information content (AvgIpc) is 1.39. The van der Waals surface area contributed by atoms with Gasteiger partial charge in [-0.1, -0.05) is 97.0 Å². The lowest BCUT2D eigenvalue weighted by Gasteiger charge is -2.45. The SMILES string of the molecule is CC[C@H](C)C1NC(=O)[C@H](CC(C)C)N(C)C(=O)C[C@@H](COCN2CCOCC2)N(C)C(=O)[C@H]([C@@H](C)CC)N(C)C(=O)C2(CCCC2)NC(=O)[C@@H]2CCCN2C(=O)[C@H](CCc2ccc(C(F)(F)F)c(Cl)c2)NC(=O)CN(C)C(=O)[C@H](Cc2ccc(C(F)(F)F)cc2)N(CC)C(=O)[C@@H]2CCN2C(=O)[C@H](C)N(C)C1=O. The molecule has 1 saturated carbocycles. The Morgan fingerprint density at radius 2 is 1.27 bits per heavy atom. The fourth-order valence-corrected chi connectivity index (χ4v) is 15.2. The first kappa shape index (κ1) is 86.6. The topological polar surface area (TPSA) is 271 Å². The molecular formula is C75H109ClF6N12O13. The highest BCUT2D eigenvalue weighted by molar-refractivity contribution is 6.31. The first-order chi connectivity index (χ1) is 50.3. The minimum atomic E-state index is -4.81. The number of nitrogens with one attached hydrogen (secondary N) is 3. The number of carbonyl (C=O) groups excluding carboxylic acids is 11. The highest BCUT2D eigenvalue weighted by atomic mass is 35.5. The van der Waals surface area contributed by atoms with Gasteiger partial charge in [0.25, 0.3) is 0 Å². The molecule has 4 aliphatic heterocycles. The summed E-state index contributed by atoms with van der Waals surface area (Å²) in [6, 6.07) is -4.58. The molecule has 1 unspecified atom stereocenters. The molecule has 5 fully saturated rings. The van der Waals surface area contributed by atoms with Crippen LogP contribution in [0.4, 0.5) is 26.3 Å². The Labute approximate surface area is 628 Å². The maximum Gasteiger partial charge on any atom is 0.417 e. The van der Waals surface area contributed by atoms with Crippen LogP contribution in [0.25, 0.3) is 0 Å². The Morgan fingerprint density at radius 3 is 1.84 bits per heavy atom. The van der Waals surface area contributed by atoms with Crippen molar-refractivity contribution in [2.75, 3.05) is 101 Å². The number of hydrogen-bond donors (Lipinski definition) is 3. The minimum Gasteiger partial charge on any atom is -0.379 e. The molecule has 4 heterocycles. The third-order valence-corrected chi connectivity index (χ3v) is 22.5. The summed E-state index contributed by atoms with van der Waals surface area (Å²) in [5, 5.41) is 8.00. The van der Waals surface area contributed by atoms with Crippen molar-refractivity contribution >= 4 is 76.6 Å². The van der Waals surface area contributed by atoms with E-state index in [1.54, 1.807) is 13.8 Å². The fourth-order valence-electron chi connectivity index (χ4n) is 14.9. The van der Waals surface area contributed by atoms with Crippen molar-refractivity contribution in [1.29, 1.82) is 0 Å². The third-order valence-electron chi connectivity index (χ3n) is 22.2. The predicted octanol–water partition coefficient (Wildman–Crippen LogP) is 6.40. The van der Waals surface area contributed by atoms with Gasteiger partial charge in [-0.05, 0) is 118 Å². The molecule has 11 atom stereocenters. The molecule has 4 saturated heterocycles. The van der Waals surface area contributed by atoms with Crippen molar-refractivity contribution in [3.8, 4) is 0 Å². The molecule has 1 aliphatic carbocycles. The van der Waals surface area contributed by atoms with Gasteiger partial charge < -0.3 is 64.6 Å². The van der Waals surface area contributed by atoms with Gasteiger partial charge in [-0.25, -0.2) is 0 Å². The van der Waals surface area contributed by atoms with Gasteiger partial charge in [0.15, 0.2) is 0 Å². The number of carbonyl (C=O) groups is 11. The van der Waals surface area contributed by atoms with Gasteiger partial charge in [0.2, 0.25) is 65.0 Å². The number of benzene rings is 2. The van der Waals surface area contributed by atoms with E-state index < -0.39 is 178 Å². The van der Waals surface area contributed by atoms with E-state index in [2.05, 4.69) is 16.0 Å². The van der Waals surface area contributed by atoms with Crippen LogP contribution in [0, 0.1) is 17.8 Å². The zero-order chi connectivity index (χ0) is 79.3. The van der Waals surface area contributed by atoms with Gasteiger partial charge in [0.1, 0.15) is 53.9 Å². The molecule has 7 rings (SSSR count). The number of hydrogen-bond acceptors (Lipinski definition) is 14. The molecule has 3 N–H and O–H groups in total. The van der Waals surface area contributed by atoms with Gasteiger partial charge in [0, 0.05) is 80.8 Å². The van der Waals surface area contributed by atoms with E-state index in [0.717, 1.165) is 57.2 Å². The Hall–Kier alpha value is -7.64. The average molecular weight is 1540 g/mol. The van der Waals surface area contributed by atoms with Gasteiger partial charge in [-0.3, -0.25) is 57.6 Å². The number of fused-ring (bicyclic) bond motifs is 2. The molecule has 2 aromatic carbocycles. The number of alkyl halides is 6. The van der Waals surface area contributed by atoms with Gasteiger partial charge in [-0.15, -0.1) is 0 Å². The summed E-state index contributed by atoms with van der Waals surface area (Å²) < 4.78 is 95.4. The van der Waals surface area contributed by atoms with E-state index >= 15 is 33.6 Å². The molecule has 11 amide bonds. The zero-order valence-electron chi connectivity index (χ0n) is 63.9. The molecule has 1 spiro atoms. The Morgan fingerprint density at radius 1 is 0.645 bits per heavy atom. The molecule has 0 bridgehead atoms. The van der Waals surface area contributed by atoms with Crippen LogP contribution in [0.15, 0.2) is 42.5 Å². The van der Waals surface area contributed by atoms with Gasteiger partial charge >= 0.3 is 12.4 Å². The summed E-state index contributed by atoms with van der Waals surface area (Å²) in [7, 11) is 7.05. The van der Waals surface area contributed by atoms with Crippen LogP contribution in [0.5, 0.6) is 0 Å². The Bertz CT molecular complexity index is 3490. The smallest absolute Gasteiger partial charge is 0.379 e. The van der Waals surface area contributed by atoms with Crippen LogP contribution in [0.2, 0.25) is 5.02 Å². The van der Waals surface area contributed by atoms with Crippen molar-refractivity contribution in [2.45, 2.75) is 218 Å². The molecule has 596 valence electrons. The van der Waals surface area contributed by atoms with Crippen LogP contribution in [0.1, 0.15) is 155 Å². The molecule has 5 aliphatic rings. The fraction of sp³-hybridized carbons (Fsp3) is 0.693. The Balaban J connectivity index is 1.31. The first-order valence-electron chi connectivity index (χ1n) is 37.3. The zero-order valence-corrected chi connectivity index (χ0v) is 64.7. The lowest BCUT2D eigenvalue weighted by Crippen LogP contribution is -2.65. The predicted molar refractivity (Wildman–Crippen MR) is 385 cm³/mol. The van der Waals surface area contributed by atoms with Crippen LogP contribution < -0.4 is 16.0 Å². The largest absolute Gasteiger partial charge is 0.417 e. The van der Waals surface area contributed by atoms with Crippen molar-refractivity contribution in [1.82, 2.24) is 60.0 Å². The summed E-state index contributed by atoms with van der Waals surface area (Å²) in [6.07, 6.45) is -8.24. The highest BCUT2D eigenvalue weighted by Gasteiger charge is 2.51. The van der Waals surface area contributed by atoms with Crippen LogP contribution in [0.3, 0.4) is 0 Å². The summed E-state index contributed by atoms with van der Waals surface area (Å²) >= 11 is 6.15. The van der Waals surface area contributed by atoms with Gasteiger partial charge in [-0.2, -0.15) is 26.3 Å². The molecule has 107 heavy (non-hydrogen) atoms. The number of ether oxygens (including phenoxy) is 2. The summed E-state index contributed by atoms with van der Waals surface area (Å²) in [6.45, 7) is 14.9. The molecule has 0 aromatic heterocycles. The van der Waals surface area contributed by atoms with E-state index in [-0.39, 0.29) is 108 Å². The standard InChI is InChI=1S/C75H109ClF6N12O13/c1-14-46(6)62-70(103)87(10)48(8)66(99)94-33-29-57(94)69(102)92(16-3)59(40-50-21-25-51(26-22-50)74(77,78)79)68(101)86(9)42-60(95)83-55(28-24-49-23-27-53(54(76)39-49)75(80,81)82)67(100)93-32-19-20-56(93)65(98)85-73(30-17-18-31-73)72(105)90(13)63(47(7)15-2)71(104)88(11)52(43-107-44-91-34-36-106-37-35-91)41-61(96)89(12)58(38-45(4)5)64(97)84-62/h21-23,25-27,39,45-48,52,55-59,62-63H,14-20,24,28-38,40-44H2,1-13H3,(H,83,95)(H,84,97)(H,85,98)/t46-,47-,48-,52-,55-,56-,57-,58-,59-,62?,63-/m0/s1. The lowest BCUT2D eigenvalue weighted by atomic mass is 9.90.